The molecule has 1 aliphatic rings. The van der Waals surface area contributed by atoms with E-state index in [2.05, 4.69) is 25.9 Å². The summed E-state index contributed by atoms with van der Waals surface area (Å²) in [5.41, 5.74) is 4.55. The molecular formula is C25H22N6O. The Hall–Kier alpha value is -4.02. The van der Waals surface area contributed by atoms with Gasteiger partial charge in [-0.05, 0) is 48.4 Å². The number of benzene rings is 2. The molecule has 7 nitrogen and oxygen atoms in total. The van der Waals surface area contributed by atoms with Gasteiger partial charge in [-0.15, -0.1) is 0 Å². The second-order valence-electron chi connectivity index (χ2n) is 7.88. The minimum absolute atomic E-state index is 0.0829. The second-order valence-corrected chi connectivity index (χ2v) is 7.88. The Bertz CT molecular complexity index is 1300. The summed E-state index contributed by atoms with van der Waals surface area (Å²) in [6.45, 7) is 1.89. The molecule has 0 spiro atoms. The summed E-state index contributed by atoms with van der Waals surface area (Å²) < 4.78 is 2.06. The minimum Gasteiger partial charge on any atom is -0.329 e. The van der Waals surface area contributed by atoms with Gasteiger partial charge in [-0.3, -0.25) is 9.78 Å². The third-order valence-electron chi connectivity index (χ3n) is 5.88. The van der Waals surface area contributed by atoms with Crippen LogP contribution in [0.5, 0.6) is 0 Å². The molecule has 1 N–H and O–H groups in total. The molecule has 7 heteroatoms. The zero-order valence-electron chi connectivity index (χ0n) is 17.5. The van der Waals surface area contributed by atoms with Gasteiger partial charge in [0, 0.05) is 37.4 Å². The highest BCUT2D eigenvalue weighted by Crippen LogP contribution is 2.29. The van der Waals surface area contributed by atoms with E-state index in [1.54, 1.807) is 12.5 Å². The molecule has 0 aliphatic carbocycles. The Labute approximate surface area is 185 Å². The summed E-state index contributed by atoms with van der Waals surface area (Å²) >= 11 is 0. The first-order valence-corrected chi connectivity index (χ1v) is 10.6. The van der Waals surface area contributed by atoms with Crippen LogP contribution in [0.15, 0.2) is 73.3 Å². The second kappa shape index (κ2) is 8.61. The van der Waals surface area contributed by atoms with Crippen LogP contribution in [0.1, 0.15) is 23.2 Å². The van der Waals surface area contributed by atoms with E-state index < -0.39 is 0 Å². The Morgan fingerprint density at radius 3 is 2.84 bits per heavy atom. The molecule has 1 fully saturated rings. The summed E-state index contributed by atoms with van der Waals surface area (Å²) in [6, 6.07) is 19.2. The molecule has 2 aromatic carbocycles. The normalized spacial score (nSPS) is 15.9. The highest BCUT2D eigenvalue weighted by atomic mass is 16.2. The van der Waals surface area contributed by atoms with E-state index in [1.807, 2.05) is 65.7 Å². The summed E-state index contributed by atoms with van der Waals surface area (Å²) in [4.78, 5) is 23.7. The summed E-state index contributed by atoms with van der Waals surface area (Å²) in [5.74, 6) is 0.0829. The number of pyridine rings is 1. The number of aromatic nitrogens is 3. The number of anilines is 1. The fraction of sp³-hybridized carbons (Fsp3) is 0.200. The highest BCUT2D eigenvalue weighted by Gasteiger charge is 2.33. The van der Waals surface area contributed by atoms with Crippen molar-refractivity contribution in [3.05, 3.63) is 90.1 Å². The largest absolute Gasteiger partial charge is 0.329 e. The van der Waals surface area contributed by atoms with Crippen molar-refractivity contribution in [2.75, 3.05) is 11.4 Å². The monoisotopic (exact) mass is 422 g/mol. The van der Waals surface area contributed by atoms with Gasteiger partial charge in [0.2, 0.25) is 5.91 Å². The number of nitriles is 1. The van der Waals surface area contributed by atoms with Crippen LogP contribution in [0.3, 0.4) is 0 Å². The summed E-state index contributed by atoms with van der Waals surface area (Å²) in [7, 11) is 0. The number of nitrogens with one attached hydrogen (secondary N) is 1. The predicted octanol–water partition coefficient (Wildman–Crippen LogP) is 3.25. The van der Waals surface area contributed by atoms with E-state index in [9.17, 15) is 4.79 Å². The van der Waals surface area contributed by atoms with Gasteiger partial charge >= 0.3 is 0 Å². The molecule has 5 rings (SSSR count). The van der Waals surface area contributed by atoms with Crippen molar-refractivity contribution in [2.45, 2.75) is 25.6 Å². The van der Waals surface area contributed by atoms with Crippen LogP contribution in [0.25, 0.3) is 10.9 Å². The van der Waals surface area contributed by atoms with Gasteiger partial charge in [0.1, 0.15) is 0 Å². The third-order valence-corrected chi connectivity index (χ3v) is 5.88. The number of hydrogen-bond acceptors (Lipinski definition) is 5. The van der Waals surface area contributed by atoms with E-state index in [-0.39, 0.29) is 11.9 Å². The number of amides is 1. The van der Waals surface area contributed by atoms with Crippen LogP contribution in [0, 0.1) is 11.3 Å². The van der Waals surface area contributed by atoms with Gasteiger partial charge in [-0.2, -0.15) is 5.26 Å². The Kier molecular flexibility index (Phi) is 5.36. The lowest BCUT2D eigenvalue weighted by Gasteiger charge is -2.19. The van der Waals surface area contributed by atoms with Crippen LogP contribution in [0.4, 0.5) is 5.69 Å². The summed E-state index contributed by atoms with van der Waals surface area (Å²) in [5, 5.41) is 13.4. The molecule has 1 saturated heterocycles. The number of fused-ring (bicyclic) bond motifs is 1. The van der Waals surface area contributed by atoms with Crippen LogP contribution in [-0.2, 0) is 17.9 Å². The SMILES string of the molecule is N#Cc1ccc(Cn2cncc2CN[C@@H]2CCN(c3cccc4ncccc34)C2=O)cc1. The first-order chi connectivity index (χ1) is 15.7. The quantitative estimate of drug-likeness (QED) is 0.515. The smallest absolute Gasteiger partial charge is 0.244 e. The zero-order chi connectivity index (χ0) is 21.9. The van der Waals surface area contributed by atoms with Gasteiger partial charge in [0.05, 0.1) is 40.9 Å². The molecule has 0 saturated carbocycles. The number of carbonyl (C=O) groups is 1. The Morgan fingerprint density at radius 2 is 2.00 bits per heavy atom. The van der Waals surface area contributed by atoms with E-state index >= 15 is 0 Å². The van der Waals surface area contributed by atoms with Gasteiger partial charge in [-0.1, -0.05) is 18.2 Å². The third kappa shape index (κ3) is 3.84. The first kappa shape index (κ1) is 19.9. The molecule has 1 atom stereocenters. The first-order valence-electron chi connectivity index (χ1n) is 10.6. The average molecular weight is 422 g/mol. The lowest BCUT2D eigenvalue weighted by molar-refractivity contribution is -0.118. The van der Waals surface area contributed by atoms with Crippen molar-refractivity contribution in [1.29, 1.82) is 5.26 Å². The van der Waals surface area contributed by atoms with Gasteiger partial charge < -0.3 is 14.8 Å². The maximum Gasteiger partial charge on any atom is 0.244 e. The van der Waals surface area contributed by atoms with Crippen LogP contribution < -0.4 is 10.2 Å². The molecular weight excluding hydrogens is 400 g/mol. The predicted molar refractivity (Wildman–Crippen MR) is 122 cm³/mol. The maximum atomic E-state index is 13.1. The van der Waals surface area contributed by atoms with Gasteiger partial charge in [0.25, 0.3) is 0 Å². The van der Waals surface area contributed by atoms with E-state index in [0.717, 1.165) is 34.3 Å². The van der Waals surface area contributed by atoms with Crippen molar-refractivity contribution in [2.24, 2.45) is 0 Å². The molecule has 3 heterocycles. The molecule has 4 aromatic rings. The Morgan fingerprint density at radius 1 is 1.12 bits per heavy atom. The topological polar surface area (TPSA) is 86.8 Å². The van der Waals surface area contributed by atoms with Crippen LogP contribution in [-0.4, -0.2) is 33.0 Å². The lowest BCUT2D eigenvalue weighted by atomic mass is 10.1. The number of hydrogen-bond donors (Lipinski definition) is 1. The van der Waals surface area contributed by atoms with E-state index in [0.29, 0.717) is 25.2 Å². The standard InChI is InChI=1S/C25H22N6O/c26-13-18-6-8-19(9-7-18)16-30-17-27-14-20(30)15-29-23-10-12-31(25(23)32)24-5-1-4-22-21(24)3-2-11-28-22/h1-9,11,14,17,23,29H,10,12,15-16H2/t23-/m1/s1. The van der Waals surface area contributed by atoms with E-state index in [1.165, 1.54) is 0 Å². The molecule has 0 bridgehead atoms. The molecule has 2 aromatic heterocycles. The lowest BCUT2D eigenvalue weighted by Crippen LogP contribution is -2.38. The van der Waals surface area contributed by atoms with Crippen molar-refractivity contribution >= 4 is 22.5 Å². The summed E-state index contributed by atoms with van der Waals surface area (Å²) in [6.07, 6.45) is 6.13. The number of imidazole rings is 1. The molecule has 1 amide bonds. The van der Waals surface area contributed by atoms with Gasteiger partial charge in [-0.25, -0.2) is 4.98 Å². The van der Waals surface area contributed by atoms with Crippen molar-refractivity contribution in [1.82, 2.24) is 19.9 Å². The number of rotatable bonds is 6. The molecule has 1 aliphatic heterocycles. The minimum atomic E-state index is -0.236. The maximum absolute atomic E-state index is 13.1. The zero-order valence-corrected chi connectivity index (χ0v) is 17.5. The van der Waals surface area contributed by atoms with Crippen LogP contribution >= 0.6 is 0 Å². The number of carbonyl (C=O) groups excluding carboxylic acids is 1. The van der Waals surface area contributed by atoms with Gasteiger partial charge in [0.15, 0.2) is 0 Å². The molecule has 0 radical (unpaired) electrons. The molecule has 158 valence electrons. The highest BCUT2D eigenvalue weighted by molar-refractivity contribution is 6.06. The van der Waals surface area contributed by atoms with Crippen molar-refractivity contribution in [3.63, 3.8) is 0 Å². The fourth-order valence-corrected chi connectivity index (χ4v) is 4.18. The Balaban J connectivity index is 1.26. The average Bonchev–Trinajstić information content (AvgIpc) is 3.43. The fourth-order valence-electron chi connectivity index (χ4n) is 4.18. The number of nitrogens with zero attached hydrogens (tertiary/aromatic N) is 5. The van der Waals surface area contributed by atoms with Crippen molar-refractivity contribution < 1.29 is 4.79 Å². The molecule has 0 unspecified atom stereocenters. The molecule has 32 heavy (non-hydrogen) atoms. The van der Waals surface area contributed by atoms with E-state index in [4.69, 9.17) is 5.26 Å². The van der Waals surface area contributed by atoms with Crippen molar-refractivity contribution in [3.8, 4) is 6.07 Å². The van der Waals surface area contributed by atoms with Crippen LogP contribution in [0.2, 0.25) is 0 Å².